The Labute approximate surface area is 312 Å². The van der Waals surface area contributed by atoms with Crippen LogP contribution in [-0.4, -0.2) is 39.1 Å². The zero-order valence-corrected chi connectivity index (χ0v) is 31.4. The molecule has 0 aliphatic rings. The van der Waals surface area contributed by atoms with E-state index >= 15 is 0 Å². The second kappa shape index (κ2) is 11.2. The van der Waals surface area contributed by atoms with E-state index in [9.17, 15) is 0 Å². The van der Waals surface area contributed by atoms with Crippen LogP contribution in [0.4, 0.5) is 0 Å². The van der Waals surface area contributed by atoms with Crippen molar-refractivity contribution in [2.24, 2.45) is 0 Å². The summed E-state index contributed by atoms with van der Waals surface area (Å²) in [4.78, 5) is 15.5. The average Bonchev–Trinajstić information content (AvgIpc) is 3.85. The summed E-state index contributed by atoms with van der Waals surface area (Å²) >= 11 is 0. The predicted molar refractivity (Wildman–Crippen MR) is 227 cm³/mol. The van der Waals surface area contributed by atoms with Crippen molar-refractivity contribution >= 4 is 83.9 Å². The third-order valence-corrected chi connectivity index (χ3v) is 13.2. The minimum absolute atomic E-state index is 0.582. The fourth-order valence-electron chi connectivity index (χ4n) is 8.51. The molecule has 7 aromatic carbocycles. The van der Waals surface area contributed by atoms with Crippen LogP contribution in [0.3, 0.4) is 0 Å². The van der Waals surface area contributed by atoms with E-state index in [2.05, 4.69) is 144 Å². The van der Waals surface area contributed by atoms with Gasteiger partial charge in [0.15, 0.2) is 11.6 Å². The van der Waals surface area contributed by atoms with Gasteiger partial charge in [0.2, 0.25) is 5.95 Å². The zero-order chi connectivity index (χ0) is 36.3. The Morgan fingerprint density at radius 2 is 1.13 bits per heavy atom. The Morgan fingerprint density at radius 1 is 0.500 bits per heavy atom. The normalized spacial score (nSPS) is 12.4. The highest BCUT2D eigenvalue weighted by atomic mass is 28.3. The molecule has 0 bridgehead atoms. The summed E-state index contributed by atoms with van der Waals surface area (Å²) in [7, 11) is 0.194. The number of hydrogen-bond acceptors (Lipinski definition) is 4. The first-order chi connectivity index (χ1) is 26.4. The van der Waals surface area contributed by atoms with Gasteiger partial charge in [0.05, 0.1) is 42.8 Å². The van der Waals surface area contributed by atoms with Crippen molar-refractivity contribution in [2.75, 3.05) is 7.11 Å². The number of aromatic nitrogens is 5. The van der Waals surface area contributed by atoms with Gasteiger partial charge in [-0.2, -0.15) is 9.97 Å². The SMILES string of the molecule is COc1ccc(-c2nc(-c3ccc([Si](C)(C)C)cc3)nc(-n3c4ccccc4c4c5cc6c7cccc8c9ccccc9n(c6cc5ccc43)c87)n2)cc1. The monoisotopic (exact) mass is 713 g/mol. The van der Waals surface area contributed by atoms with Crippen molar-refractivity contribution in [3.63, 3.8) is 0 Å². The lowest BCUT2D eigenvalue weighted by atomic mass is 10.0. The van der Waals surface area contributed by atoms with Crippen LogP contribution in [-0.2, 0) is 0 Å². The van der Waals surface area contributed by atoms with Gasteiger partial charge in [-0.25, -0.2) is 4.98 Å². The maximum Gasteiger partial charge on any atom is 0.238 e. The van der Waals surface area contributed by atoms with E-state index in [1.54, 1.807) is 7.11 Å². The van der Waals surface area contributed by atoms with Crippen LogP contribution in [0.5, 0.6) is 5.75 Å². The smallest absolute Gasteiger partial charge is 0.238 e. The first-order valence-electron chi connectivity index (χ1n) is 18.4. The summed E-state index contributed by atoms with van der Waals surface area (Å²) < 4.78 is 10.1. The van der Waals surface area contributed by atoms with Crippen LogP contribution >= 0.6 is 0 Å². The van der Waals surface area contributed by atoms with Crippen molar-refractivity contribution in [1.82, 2.24) is 23.9 Å². The number of para-hydroxylation sites is 3. The first-order valence-corrected chi connectivity index (χ1v) is 21.9. The summed E-state index contributed by atoms with van der Waals surface area (Å²) in [6.07, 6.45) is 0. The quantitative estimate of drug-likeness (QED) is 0.167. The van der Waals surface area contributed by atoms with Gasteiger partial charge in [-0.3, -0.25) is 4.57 Å². The Kier molecular flexibility index (Phi) is 6.44. The molecule has 0 unspecified atom stereocenters. The van der Waals surface area contributed by atoms with Gasteiger partial charge in [-0.15, -0.1) is 0 Å². The molecule has 4 aromatic heterocycles. The summed E-state index contributed by atoms with van der Waals surface area (Å²) in [5, 5.41) is 11.2. The maximum absolute atomic E-state index is 5.47. The number of ether oxygens (including phenoxy) is 1. The van der Waals surface area contributed by atoms with Gasteiger partial charge < -0.3 is 9.14 Å². The number of hydrogen-bond donors (Lipinski definition) is 0. The Bertz CT molecular complexity index is 3280. The van der Waals surface area contributed by atoms with Gasteiger partial charge >= 0.3 is 0 Å². The van der Waals surface area contributed by atoms with Crippen molar-refractivity contribution in [1.29, 1.82) is 0 Å². The molecule has 0 N–H and O–H groups in total. The Hall–Kier alpha value is -6.57. The van der Waals surface area contributed by atoms with E-state index in [4.69, 9.17) is 19.7 Å². The fraction of sp³-hybridized carbons (Fsp3) is 0.0851. The largest absolute Gasteiger partial charge is 0.497 e. The number of nitrogens with zero attached hydrogens (tertiary/aromatic N) is 5. The number of benzene rings is 7. The number of rotatable bonds is 5. The van der Waals surface area contributed by atoms with Crippen molar-refractivity contribution in [3.8, 4) is 34.5 Å². The van der Waals surface area contributed by atoms with Gasteiger partial charge in [-0.05, 0) is 65.4 Å². The molecular weight excluding hydrogens is 679 g/mol. The molecule has 54 heavy (non-hydrogen) atoms. The summed E-state index contributed by atoms with van der Waals surface area (Å²) in [6.45, 7) is 7.10. The maximum atomic E-state index is 5.47. The lowest BCUT2D eigenvalue weighted by molar-refractivity contribution is 0.415. The zero-order valence-electron chi connectivity index (χ0n) is 30.4. The molecule has 0 radical (unpaired) electrons. The van der Waals surface area contributed by atoms with Crippen LogP contribution in [0.1, 0.15) is 0 Å². The minimum Gasteiger partial charge on any atom is -0.497 e. The van der Waals surface area contributed by atoms with Crippen molar-refractivity contribution in [2.45, 2.75) is 19.6 Å². The molecule has 0 atom stereocenters. The third-order valence-electron chi connectivity index (χ3n) is 11.2. The van der Waals surface area contributed by atoms with Crippen LogP contribution < -0.4 is 9.92 Å². The van der Waals surface area contributed by atoms with E-state index in [1.165, 1.54) is 59.4 Å². The molecule has 0 saturated carbocycles. The van der Waals surface area contributed by atoms with Gasteiger partial charge in [0.25, 0.3) is 0 Å². The minimum atomic E-state index is -1.49. The van der Waals surface area contributed by atoms with E-state index in [-0.39, 0.29) is 0 Å². The second-order valence-electron chi connectivity index (χ2n) is 15.3. The molecule has 258 valence electrons. The van der Waals surface area contributed by atoms with E-state index in [1.807, 2.05) is 24.3 Å². The van der Waals surface area contributed by atoms with E-state index < -0.39 is 8.07 Å². The predicted octanol–water partition coefficient (Wildman–Crippen LogP) is 11.2. The molecule has 0 amide bonds. The second-order valence-corrected chi connectivity index (χ2v) is 20.4. The van der Waals surface area contributed by atoms with Gasteiger partial charge in [0.1, 0.15) is 5.75 Å². The molecule has 0 aliphatic carbocycles. The molecule has 0 fully saturated rings. The molecular formula is C47H35N5OSi. The van der Waals surface area contributed by atoms with Crippen molar-refractivity contribution < 1.29 is 4.74 Å². The fourth-order valence-corrected chi connectivity index (χ4v) is 9.68. The highest BCUT2D eigenvalue weighted by Gasteiger charge is 2.22. The lowest BCUT2D eigenvalue weighted by Crippen LogP contribution is -2.37. The molecule has 0 spiro atoms. The van der Waals surface area contributed by atoms with Crippen molar-refractivity contribution in [3.05, 3.63) is 140 Å². The highest BCUT2D eigenvalue weighted by Crippen LogP contribution is 2.43. The first kappa shape index (κ1) is 31.0. The van der Waals surface area contributed by atoms with Crippen LogP contribution in [0.15, 0.2) is 140 Å². The van der Waals surface area contributed by atoms with Gasteiger partial charge in [0, 0.05) is 43.4 Å². The molecule has 4 heterocycles. The Morgan fingerprint density at radius 3 is 1.83 bits per heavy atom. The average molecular weight is 714 g/mol. The number of fused-ring (bicyclic) bond motifs is 11. The molecule has 11 rings (SSSR count). The number of methoxy groups -OCH3 is 1. The lowest BCUT2D eigenvalue weighted by Gasteiger charge is -2.17. The summed E-state index contributed by atoms with van der Waals surface area (Å²) in [5.41, 5.74) is 7.70. The highest BCUT2D eigenvalue weighted by molar-refractivity contribution is 6.88. The summed E-state index contributed by atoms with van der Waals surface area (Å²) in [5.74, 6) is 2.62. The Balaban J connectivity index is 1.19. The van der Waals surface area contributed by atoms with Gasteiger partial charge in [-0.1, -0.05) is 110 Å². The van der Waals surface area contributed by atoms with Crippen LogP contribution in [0.2, 0.25) is 19.6 Å². The third kappa shape index (κ3) is 4.42. The van der Waals surface area contributed by atoms with Crippen LogP contribution in [0.25, 0.3) is 99.4 Å². The molecule has 6 nitrogen and oxygen atoms in total. The molecule has 0 saturated heterocycles. The molecule has 7 heteroatoms. The van der Waals surface area contributed by atoms with E-state index in [0.29, 0.717) is 17.6 Å². The summed E-state index contributed by atoms with van der Waals surface area (Å²) in [6, 6.07) is 50.0. The van der Waals surface area contributed by atoms with E-state index in [0.717, 1.165) is 33.3 Å². The standard InChI is InChI=1S/C47H35N5OSi/c1-53-31-21-16-28(17-22-31)45-48-46(29-18-23-32(24-19-29)54(2,3)4)50-47(49-45)52-40-15-8-6-11-36(40)43-37-27-38-35-13-9-12-34-33-10-5-7-14-39(33)51(44(34)35)42(38)26-30(37)20-25-41(43)52/h5-27H,1-4H3. The molecule has 11 aromatic rings. The van der Waals surface area contributed by atoms with Crippen LogP contribution in [0, 0.1) is 0 Å². The topological polar surface area (TPSA) is 57.2 Å². The molecule has 0 aliphatic heterocycles.